The molecule has 0 aliphatic carbocycles. The van der Waals surface area contributed by atoms with Gasteiger partial charge in [0.15, 0.2) is 0 Å². The Bertz CT molecular complexity index is 585. The number of benzene rings is 1. The van der Waals surface area contributed by atoms with Crippen molar-refractivity contribution in [2.24, 2.45) is 0 Å². The Kier molecular flexibility index (Phi) is 5.07. The number of fused-ring (bicyclic) bond motifs is 1. The fourth-order valence-corrected chi connectivity index (χ4v) is 3.43. The van der Waals surface area contributed by atoms with Crippen molar-refractivity contribution in [1.82, 2.24) is 4.98 Å². The molecule has 3 nitrogen and oxygen atoms in total. The third kappa shape index (κ3) is 3.47. The zero-order valence-electron chi connectivity index (χ0n) is 13.0. The molecule has 0 amide bonds. The topological polar surface area (TPSA) is 36.4 Å². The van der Waals surface area contributed by atoms with Gasteiger partial charge in [-0.3, -0.25) is 4.98 Å². The zero-order chi connectivity index (χ0) is 15.2. The summed E-state index contributed by atoms with van der Waals surface area (Å²) in [5.74, 6) is 0. The number of pyridine rings is 1. The first-order valence-electron chi connectivity index (χ1n) is 8.23. The van der Waals surface area contributed by atoms with Crippen molar-refractivity contribution in [1.29, 1.82) is 0 Å². The molecule has 3 rings (SSSR count). The number of nitrogens with zero attached hydrogens (tertiary/aromatic N) is 2. The predicted molar refractivity (Wildman–Crippen MR) is 90.2 cm³/mol. The van der Waals surface area contributed by atoms with Crippen LogP contribution in [0.2, 0.25) is 0 Å². The number of aryl methyl sites for hydroxylation is 2. The van der Waals surface area contributed by atoms with Crippen molar-refractivity contribution in [2.75, 3.05) is 18.1 Å². The van der Waals surface area contributed by atoms with Crippen LogP contribution < -0.4 is 4.90 Å². The fourth-order valence-electron chi connectivity index (χ4n) is 3.43. The van der Waals surface area contributed by atoms with Gasteiger partial charge in [-0.05, 0) is 61.4 Å². The van der Waals surface area contributed by atoms with E-state index in [1.807, 2.05) is 12.4 Å². The van der Waals surface area contributed by atoms with Crippen molar-refractivity contribution in [2.45, 2.75) is 38.1 Å². The highest BCUT2D eigenvalue weighted by molar-refractivity contribution is 5.56. The number of aromatic nitrogens is 1. The number of rotatable bonds is 6. The fraction of sp³-hybridized carbons (Fsp3) is 0.421. The van der Waals surface area contributed by atoms with E-state index >= 15 is 0 Å². The van der Waals surface area contributed by atoms with Crippen LogP contribution in [0, 0.1) is 0 Å². The summed E-state index contributed by atoms with van der Waals surface area (Å²) in [5.41, 5.74) is 4.15. The SMILES string of the molecule is OCCC1CCc2ccccc2N1CCCc1ccncc1. The molecule has 1 aromatic heterocycles. The van der Waals surface area contributed by atoms with Crippen molar-refractivity contribution in [3.63, 3.8) is 0 Å². The lowest BCUT2D eigenvalue weighted by Gasteiger charge is -2.39. The Balaban J connectivity index is 1.68. The Labute approximate surface area is 132 Å². The molecule has 3 heteroatoms. The summed E-state index contributed by atoms with van der Waals surface area (Å²) >= 11 is 0. The molecule has 1 aromatic carbocycles. The van der Waals surface area contributed by atoms with E-state index in [4.69, 9.17) is 0 Å². The standard InChI is InChI=1S/C19H24N2O/c22-15-11-18-8-7-17-5-1-2-6-19(17)21(18)14-3-4-16-9-12-20-13-10-16/h1-2,5-6,9-10,12-13,18,22H,3-4,7-8,11,14-15H2. The van der Waals surface area contributed by atoms with Gasteiger partial charge in [0.2, 0.25) is 0 Å². The molecule has 1 N–H and O–H groups in total. The maximum absolute atomic E-state index is 9.35. The second-order valence-electron chi connectivity index (χ2n) is 5.99. The van der Waals surface area contributed by atoms with Crippen LogP contribution in [-0.2, 0) is 12.8 Å². The third-order valence-corrected chi connectivity index (χ3v) is 4.56. The van der Waals surface area contributed by atoms with Crippen LogP contribution in [0.3, 0.4) is 0 Å². The van der Waals surface area contributed by atoms with Crippen molar-refractivity contribution >= 4 is 5.69 Å². The number of aliphatic hydroxyl groups is 1. The van der Waals surface area contributed by atoms with Gasteiger partial charge in [0.1, 0.15) is 0 Å². The number of hydrogen-bond donors (Lipinski definition) is 1. The van der Waals surface area contributed by atoms with Crippen molar-refractivity contribution < 1.29 is 5.11 Å². The monoisotopic (exact) mass is 296 g/mol. The molecular formula is C19H24N2O. The average Bonchev–Trinajstić information content (AvgIpc) is 2.57. The van der Waals surface area contributed by atoms with E-state index in [0.29, 0.717) is 6.04 Å². The average molecular weight is 296 g/mol. The minimum atomic E-state index is 0.272. The van der Waals surface area contributed by atoms with Gasteiger partial charge >= 0.3 is 0 Å². The summed E-state index contributed by atoms with van der Waals surface area (Å²) in [6.07, 6.45) is 9.06. The van der Waals surface area contributed by atoms with E-state index in [1.165, 1.54) is 16.8 Å². The molecule has 0 saturated carbocycles. The molecule has 0 spiro atoms. The van der Waals surface area contributed by atoms with Gasteiger partial charge in [-0.25, -0.2) is 0 Å². The molecule has 0 saturated heterocycles. The summed E-state index contributed by atoms with van der Waals surface area (Å²) in [7, 11) is 0. The predicted octanol–water partition coefficient (Wildman–Crippen LogP) is 3.22. The Morgan fingerprint density at radius 2 is 1.95 bits per heavy atom. The molecule has 1 aliphatic heterocycles. The van der Waals surface area contributed by atoms with Crippen molar-refractivity contribution in [3.05, 3.63) is 59.9 Å². The van der Waals surface area contributed by atoms with E-state index in [1.54, 1.807) is 0 Å². The summed E-state index contributed by atoms with van der Waals surface area (Å²) < 4.78 is 0. The molecule has 1 aliphatic rings. The molecule has 0 fully saturated rings. The lowest BCUT2D eigenvalue weighted by Crippen LogP contribution is -2.40. The summed E-state index contributed by atoms with van der Waals surface area (Å²) in [4.78, 5) is 6.58. The number of hydrogen-bond acceptors (Lipinski definition) is 3. The Morgan fingerprint density at radius 3 is 2.77 bits per heavy atom. The maximum Gasteiger partial charge on any atom is 0.0450 e. The second kappa shape index (κ2) is 7.41. The van der Waals surface area contributed by atoms with Crippen LogP contribution in [0.1, 0.15) is 30.4 Å². The first-order chi connectivity index (χ1) is 10.9. The highest BCUT2D eigenvalue weighted by atomic mass is 16.3. The summed E-state index contributed by atoms with van der Waals surface area (Å²) in [6, 6.07) is 13.4. The summed E-state index contributed by atoms with van der Waals surface area (Å²) in [6.45, 7) is 1.32. The van der Waals surface area contributed by atoms with Crippen LogP contribution in [0.4, 0.5) is 5.69 Å². The van der Waals surface area contributed by atoms with E-state index in [9.17, 15) is 5.11 Å². The highest BCUT2D eigenvalue weighted by Gasteiger charge is 2.24. The molecule has 0 bridgehead atoms. The smallest absolute Gasteiger partial charge is 0.0450 e. The van der Waals surface area contributed by atoms with Gasteiger partial charge in [0.25, 0.3) is 0 Å². The third-order valence-electron chi connectivity index (χ3n) is 4.56. The van der Waals surface area contributed by atoms with Gasteiger partial charge in [-0.1, -0.05) is 18.2 Å². The van der Waals surface area contributed by atoms with Crippen LogP contribution in [0.25, 0.3) is 0 Å². The van der Waals surface area contributed by atoms with E-state index in [0.717, 1.165) is 38.6 Å². The highest BCUT2D eigenvalue weighted by Crippen LogP contribution is 2.31. The van der Waals surface area contributed by atoms with Gasteiger partial charge < -0.3 is 10.0 Å². The zero-order valence-corrected chi connectivity index (χ0v) is 13.0. The first kappa shape index (κ1) is 15.0. The molecule has 1 unspecified atom stereocenters. The maximum atomic E-state index is 9.35. The van der Waals surface area contributed by atoms with Crippen LogP contribution in [-0.4, -0.2) is 29.3 Å². The van der Waals surface area contributed by atoms with E-state index in [-0.39, 0.29) is 6.61 Å². The van der Waals surface area contributed by atoms with Crippen molar-refractivity contribution in [3.8, 4) is 0 Å². The molecule has 22 heavy (non-hydrogen) atoms. The lowest BCUT2D eigenvalue weighted by atomic mass is 9.93. The van der Waals surface area contributed by atoms with Gasteiger partial charge in [0, 0.05) is 37.3 Å². The van der Waals surface area contributed by atoms with Crippen LogP contribution in [0.5, 0.6) is 0 Å². The number of aliphatic hydroxyl groups excluding tert-OH is 1. The van der Waals surface area contributed by atoms with E-state index < -0.39 is 0 Å². The molecule has 0 radical (unpaired) electrons. The van der Waals surface area contributed by atoms with E-state index in [2.05, 4.69) is 46.3 Å². The largest absolute Gasteiger partial charge is 0.396 e. The van der Waals surface area contributed by atoms with Gasteiger partial charge in [-0.2, -0.15) is 0 Å². The molecule has 1 atom stereocenters. The Hall–Kier alpha value is -1.87. The van der Waals surface area contributed by atoms with Gasteiger partial charge in [-0.15, -0.1) is 0 Å². The molecular weight excluding hydrogens is 272 g/mol. The molecule has 2 heterocycles. The Morgan fingerprint density at radius 1 is 1.14 bits per heavy atom. The number of para-hydroxylation sites is 1. The van der Waals surface area contributed by atoms with Crippen LogP contribution >= 0.6 is 0 Å². The molecule has 116 valence electrons. The van der Waals surface area contributed by atoms with Crippen LogP contribution in [0.15, 0.2) is 48.8 Å². The quantitative estimate of drug-likeness (QED) is 0.889. The summed E-state index contributed by atoms with van der Waals surface area (Å²) in [5, 5.41) is 9.35. The minimum absolute atomic E-state index is 0.272. The first-order valence-corrected chi connectivity index (χ1v) is 8.23. The normalized spacial score (nSPS) is 17.3. The van der Waals surface area contributed by atoms with Gasteiger partial charge in [0.05, 0.1) is 0 Å². The molecule has 2 aromatic rings. The second-order valence-corrected chi connectivity index (χ2v) is 5.99. The minimum Gasteiger partial charge on any atom is -0.396 e. The lowest BCUT2D eigenvalue weighted by molar-refractivity contribution is 0.267. The number of anilines is 1.